The van der Waals surface area contributed by atoms with Gasteiger partial charge in [-0.25, -0.2) is 9.97 Å². The second-order valence-corrected chi connectivity index (χ2v) is 3.97. The molecule has 0 saturated heterocycles. The fraction of sp³-hybridized carbons (Fsp3) is 0.231. The average Bonchev–Trinajstić information content (AvgIpc) is 2.15. The number of nitrogens with zero attached hydrogens (tertiary/aromatic N) is 2. The van der Waals surface area contributed by atoms with E-state index in [-0.39, 0.29) is 0 Å². The maximum Gasteiger partial charge on any atom is 0.125 e. The summed E-state index contributed by atoms with van der Waals surface area (Å²) in [4.78, 5) is 8.66. The monoisotopic (exact) mass is 213 g/mol. The molecule has 0 radical (unpaired) electrons. The topological polar surface area (TPSA) is 51.8 Å². The molecular formula is C13H15N3. The average molecular weight is 213 g/mol. The van der Waals surface area contributed by atoms with Gasteiger partial charge in [-0.1, -0.05) is 12.1 Å². The third-order valence-corrected chi connectivity index (χ3v) is 2.36. The molecule has 3 nitrogen and oxygen atoms in total. The predicted molar refractivity (Wildman–Crippen MR) is 65.2 cm³/mol. The standard InChI is InChI=1S/C13H15N3/c1-9-6-13(16-10(2)15-9)8-11-4-3-5-12(14)7-11/h3-7H,8,14H2,1-2H3. The summed E-state index contributed by atoms with van der Waals surface area (Å²) in [6, 6.07) is 9.90. The number of aryl methyl sites for hydroxylation is 2. The number of hydrogen-bond acceptors (Lipinski definition) is 3. The molecular weight excluding hydrogens is 198 g/mol. The van der Waals surface area contributed by atoms with Gasteiger partial charge in [-0.05, 0) is 37.6 Å². The van der Waals surface area contributed by atoms with Crippen LogP contribution in [0.15, 0.2) is 30.3 Å². The summed E-state index contributed by atoms with van der Waals surface area (Å²) >= 11 is 0. The molecule has 82 valence electrons. The first kappa shape index (κ1) is 10.6. The van der Waals surface area contributed by atoms with Gasteiger partial charge >= 0.3 is 0 Å². The molecule has 2 N–H and O–H groups in total. The molecule has 1 aromatic carbocycles. The van der Waals surface area contributed by atoms with Crippen molar-refractivity contribution in [3.05, 3.63) is 53.1 Å². The normalized spacial score (nSPS) is 10.4. The van der Waals surface area contributed by atoms with Crippen molar-refractivity contribution in [3.8, 4) is 0 Å². The van der Waals surface area contributed by atoms with Crippen LogP contribution in [0.2, 0.25) is 0 Å². The molecule has 0 aliphatic carbocycles. The SMILES string of the molecule is Cc1cc(Cc2cccc(N)c2)nc(C)n1. The van der Waals surface area contributed by atoms with Crippen LogP contribution in [0.3, 0.4) is 0 Å². The summed E-state index contributed by atoms with van der Waals surface area (Å²) < 4.78 is 0. The van der Waals surface area contributed by atoms with E-state index in [4.69, 9.17) is 5.73 Å². The van der Waals surface area contributed by atoms with E-state index in [1.165, 1.54) is 5.56 Å². The van der Waals surface area contributed by atoms with Gasteiger partial charge in [-0.2, -0.15) is 0 Å². The molecule has 0 amide bonds. The maximum atomic E-state index is 5.74. The maximum absolute atomic E-state index is 5.74. The van der Waals surface area contributed by atoms with E-state index >= 15 is 0 Å². The minimum atomic E-state index is 0.792. The first-order valence-corrected chi connectivity index (χ1v) is 5.29. The lowest BCUT2D eigenvalue weighted by atomic mass is 10.1. The zero-order valence-electron chi connectivity index (χ0n) is 9.57. The lowest BCUT2D eigenvalue weighted by Gasteiger charge is -2.04. The van der Waals surface area contributed by atoms with Crippen LogP contribution in [-0.4, -0.2) is 9.97 Å². The first-order chi connectivity index (χ1) is 7.63. The van der Waals surface area contributed by atoms with Gasteiger partial charge in [0.1, 0.15) is 5.82 Å². The third kappa shape index (κ3) is 2.57. The number of hydrogen-bond donors (Lipinski definition) is 1. The van der Waals surface area contributed by atoms with Crippen LogP contribution < -0.4 is 5.73 Å². The minimum absolute atomic E-state index is 0.792. The number of anilines is 1. The Morgan fingerprint density at radius 1 is 1.12 bits per heavy atom. The Hall–Kier alpha value is -1.90. The van der Waals surface area contributed by atoms with Gasteiger partial charge in [0.2, 0.25) is 0 Å². The summed E-state index contributed by atoms with van der Waals surface area (Å²) in [7, 11) is 0. The zero-order valence-corrected chi connectivity index (χ0v) is 9.57. The minimum Gasteiger partial charge on any atom is -0.399 e. The quantitative estimate of drug-likeness (QED) is 0.778. The Labute approximate surface area is 95.4 Å². The second kappa shape index (κ2) is 4.31. The lowest BCUT2D eigenvalue weighted by Crippen LogP contribution is -1.99. The largest absolute Gasteiger partial charge is 0.399 e. The van der Waals surface area contributed by atoms with Crippen molar-refractivity contribution < 1.29 is 0 Å². The summed E-state index contributed by atoms with van der Waals surface area (Å²) in [5.74, 6) is 0.818. The van der Waals surface area contributed by atoms with Gasteiger partial charge in [-0.3, -0.25) is 0 Å². The second-order valence-electron chi connectivity index (χ2n) is 3.97. The molecule has 0 saturated carbocycles. The number of nitrogens with two attached hydrogens (primary N) is 1. The number of nitrogen functional groups attached to an aromatic ring is 1. The van der Waals surface area contributed by atoms with E-state index in [0.717, 1.165) is 29.3 Å². The van der Waals surface area contributed by atoms with Crippen LogP contribution in [0.25, 0.3) is 0 Å². The highest BCUT2D eigenvalue weighted by atomic mass is 14.9. The number of aromatic nitrogens is 2. The molecule has 2 aromatic rings. The van der Waals surface area contributed by atoms with E-state index in [1.807, 2.05) is 38.1 Å². The number of benzene rings is 1. The van der Waals surface area contributed by atoms with Crippen molar-refractivity contribution >= 4 is 5.69 Å². The van der Waals surface area contributed by atoms with Crippen molar-refractivity contribution in [2.24, 2.45) is 0 Å². The third-order valence-electron chi connectivity index (χ3n) is 2.36. The Kier molecular flexibility index (Phi) is 2.86. The molecule has 0 fully saturated rings. The van der Waals surface area contributed by atoms with Gasteiger partial charge in [-0.15, -0.1) is 0 Å². The van der Waals surface area contributed by atoms with Crippen LogP contribution in [-0.2, 0) is 6.42 Å². The number of rotatable bonds is 2. The molecule has 1 aromatic heterocycles. The molecule has 0 unspecified atom stereocenters. The highest BCUT2D eigenvalue weighted by molar-refractivity contribution is 5.41. The van der Waals surface area contributed by atoms with Crippen molar-refractivity contribution in [3.63, 3.8) is 0 Å². The van der Waals surface area contributed by atoms with E-state index in [2.05, 4.69) is 16.0 Å². The molecule has 0 atom stereocenters. The van der Waals surface area contributed by atoms with Gasteiger partial charge in [0.15, 0.2) is 0 Å². The summed E-state index contributed by atoms with van der Waals surface area (Å²) in [6.07, 6.45) is 0.801. The highest BCUT2D eigenvalue weighted by Crippen LogP contribution is 2.11. The van der Waals surface area contributed by atoms with Crippen molar-refractivity contribution in [1.82, 2.24) is 9.97 Å². The van der Waals surface area contributed by atoms with Gasteiger partial charge < -0.3 is 5.73 Å². The molecule has 0 aliphatic heterocycles. The van der Waals surface area contributed by atoms with E-state index in [9.17, 15) is 0 Å². The summed E-state index contributed by atoms with van der Waals surface area (Å²) in [6.45, 7) is 3.90. The lowest BCUT2D eigenvalue weighted by molar-refractivity contribution is 0.942. The van der Waals surface area contributed by atoms with Crippen molar-refractivity contribution in [1.29, 1.82) is 0 Å². The van der Waals surface area contributed by atoms with Gasteiger partial charge in [0, 0.05) is 23.5 Å². The van der Waals surface area contributed by atoms with Crippen LogP contribution in [0.1, 0.15) is 22.8 Å². The Morgan fingerprint density at radius 3 is 2.62 bits per heavy atom. The van der Waals surface area contributed by atoms with E-state index < -0.39 is 0 Å². The van der Waals surface area contributed by atoms with E-state index in [1.54, 1.807) is 0 Å². The molecule has 0 aliphatic rings. The molecule has 2 rings (SSSR count). The molecule has 0 bridgehead atoms. The van der Waals surface area contributed by atoms with Crippen LogP contribution in [0, 0.1) is 13.8 Å². The van der Waals surface area contributed by atoms with Crippen molar-refractivity contribution in [2.45, 2.75) is 20.3 Å². The van der Waals surface area contributed by atoms with Crippen LogP contribution in [0.4, 0.5) is 5.69 Å². The molecule has 3 heteroatoms. The van der Waals surface area contributed by atoms with Crippen LogP contribution in [0.5, 0.6) is 0 Å². The Bertz CT molecular complexity index is 486. The van der Waals surface area contributed by atoms with Crippen molar-refractivity contribution in [2.75, 3.05) is 5.73 Å². The molecule has 16 heavy (non-hydrogen) atoms. The van der Waals surface area contributed by atoms with Gasteiger partial charge in [0.05, 0.1) is 0 Å². The fourth-order valence-corrected chi connectivity index (χ4v) is 1.80. The fourth-order valence-electron chi connectivity index (χ4n) is 1.80. The highest BCUT2D eigenvalue weighted by Gasteiger charge is 2.01. The van der Waals surface area contributed by atoms with E-state index in [0.29, 0.717) is 0 Å². The Morgan fingerprint density at radius 2 is 1.94 bits per heavy atom. The van der Waals surface area contributed by atoms with Gasteiger partial charge in [0.25, 0.3) is 0 Å². The molecule has 1 heterocycles. The summed E-state index contributed by atoms with van der Waals surface area (Å²) in [5.41, 5.74) is 9.75. The molecule has 0 spiro atoms. The summed E-state index contributed by atoms with van der Waals surface area (Å²) in [5, 5.41) is 0. The first-order valence-electron chi connectivity index (χ1n) is 5.29. The Balaban J connectivity index is 2.27. The zero-order chi connectivity index (χ0) is 11.5. The smallest absolute Gasteiger partial charge is 0.125 e. The predicted octanol–water partition coefficient (Wildman–Crippen LogP) is 2.27. The van der Waals surface area contributed by atoms with Crippen LogP contribution >= 0.6 is 0 Å².